The number of anilines is 2. The van der Waals surface area contributed by atoms with E-state index in [2.05, 4.69) is 25.9 Å². The summed E-state index contributed by atoms with van der Waals surface area (Å²) >= 11 is 0. The van der Waals surface area contributed by atoms with E-state index in [4.69, 9.17) is 26.3 Å². The summed E-state index contributed by atoms with van der Waals surface area (Å²) in [5.74, 6) is -7.79. The minimum atomic E-state index is -4.85. The van der Waals surface area contributed by atoms with Crippen molar-refractivity contribution < 1.29 is 149 Å². The number of nitrogens with zero attached hydrogens (tertiary/aromatic N) is 8. The summed E-state index contributed by atoms with van der Waals surface area (Å²) in [7, 11) is -22.8. The summed E-state index contributed by atoms with van der Waals surface area (Å²) in [6.07, 6.45) is 3.51. The van der Waals surface area contributed by atoms with E-state index in [0.29, 0.717) is 64.2 Å². The zero-order valence-corrected chi connectivity index (χ0v) is 60.5. The predicted molar refractivity (Wildman–Crippen MR) is 353 cm³/mol. The third-order valence-electron chi connectivity index (χ3n) is 15.2. The fourth-order valence-electron chi connectivity index (χ4n) is 10.6. The van der Waals surface area contributed by atoms with Crippen LogP contribution in [0.5, 0.6) is 0 Å². The highest BCUT2D eigenvalue weighted by Gasteiger charge is 2.45. The van der Waals surface area contributed by atoms with Crippen molar-refractivity contribution >= 4 is 108 Å². The molecule has 0 radical (unpaired) electrons. The zero-order valence-electron chi connectivity index (χ0n) is 54.1. The summed E-state index contributed by atoms with van der Waals surface area (Å²) < 4.78 is 186. The van der Waals surface area contributed by atoms with Gasteiger partial charge in [0.15, 0.2) is 28.5 Å². The molecule has 2 saturated heterocycles. The van der Waals surface area contributed by atoms with Crippen LogP contribution in [-0.2, 0) is 77.5 Å². The lowest BCUT2D eigenvalue weighted by molar-refractivity contribution is -0.400. The van der Waals surface area contributed by atoms with Crippen LogP contribution < -0.4 is 72.0 Å². The molecule has 0 aliphatic carbocycles. The van der Waals surface area contributed by atoms with Gasteiger partial charge in [-0.1, -0.05) is 24.3 Å². The number of nitrogens with one attached hydrogen (secondary N) is 2. The molecule has 22 N–H and O–H groups in total. The van der Waals surface area contributed by atoms with Gasteiger partial charge >= 0.3 is 70.9 Å². The van der Waals surface area contributed by atoms with E-state index < -0.39 is 126 Å². The van der Waals surface area contributed by atoms with Crippen LogP contribution in [0.3, 0.4) is 0 Å². The molecule has 2 atom stereocenters. The largest absolute Gasteiger partial charge is 1.00 e. The van der Waals surface area contributed by atoms with Gasteiger partial charge in [-0.2, -0.15) is 55.3 Å². The summed E-state index contributed by atoms with van der Waals surface area (Å²) in [6, 6.07) is 14.0. The van der Waals surface area contributed by atoms with Crippen LogP contribution in [0, 0.1) is 0 Å². The molecule has 0 saturated carbocycles. The van der Waals surface area contributed by atoms with Gasteiger partial charge in [0.25, 0.3) is 15.9 Å². The van der Waals surface area contributed by atoms with Crippen molar-refractivity contribution in [3.8, 4) is 22.3 Å². The maximum absolute atomic E-state index is 12.5. The third-order valence-corrected chi connectivity index (χ3v) is 21.2. The van der Waals surface area contributed by atoms with Crippen LogP contribution in [0.2, 0.25) is 0 Å². The second-order valence-electron chi connectivity index (χ2n) is 22.5. The number of aryl methyl sites for hydroxylation is 1. The van der Waals surface area contributed by atoms with Crippen LogP contribution in [0.4, 0.5) is 24.5 Å². The summed E-state index contributed by atoms with van der Waals surface area (Å²) in [6.45, 7) is 2.80. The van der Waals surface area contributed by atoms with Crippen LogP contribution in [0.25, 0.3) is 22.3 Å². The molecule has 2 amide bonds. The Morgan fingerprint density at radius 3 is 1.17 bits per heavy atom. The number of rotatable bonds is 21. The highest BCUT2D eigenvalue weighted by atomic mass is 35.5. The number of halogens is 5. The highest BCUT2D eigenvalue weighted by Crippen LogP contribution is 2.35. The first-order valence-electron chi connectivity index (χ1n) is 29.2. The highest BCUT2D eigenvalue weighted by molar-refractivity contribution is 7.93. The maximum atomic E-state index is 12.5. The van der Waals surface area contributed by atoms with Crippen molar-refractivity contribution in [1.29, 1.82) is 0 Å². The first kappa shape index (κ1) is 87.4. The molecule has 5 aromatic heterocycles. The molecule has 104 heavy (non-hydrogen) atoms. The molecule has 2 aliphatic heterocycles. The molecule has 2 aliphatic rings. The Hall–Kier alpha value is -9.02. The Morgan fingerprint density at radius 1 is 0.548 bits per heavy atom. The lowest BCUT2D eigenvalue weighted by Gasteiger charge is -2.34. The Morgan fingerprint density at radius 2 is 0.875 bits per heavy atom. The molecule has 0 spiro atoms. The maximum Gasteiger partial charge on any atom is 0.412 e. The van der Waals surface area contributed by atoms with E-state index in [0.717, 1.165) is 29.7 Å². The molecule has 574 valence electrons. The van der Waals surface area contributed by atoms with Crippen molar-refractivity contribution in [3.05, 3.63) is 144 Å². The number of sulfonamides is 2. The second kappa shape index (κ2) is 34.3. The molecule has 0 bridgehead atoms. The smallest absolute Gasteiger partial charge is 0.412 e. The van der Waals surface area contributed by atoms with Crippen LogP contribution in [0.15, 0.2) is 115 Å². The third kappa shape index (κ3) is 21.8. The molecule has 2 aromatic carbocycles. The van der Waals surface area contributed by atoms with Crippen molar-refractivity contribution in [2.24, 2.45) is 33.3 Å². The van der Waals surface area contributed by atoms with Crippen molar-refractivity contribution in [3.63, 3.8) is 0 Å². The Bertz CT molecular complexity index is 5040. The number of nitrogens with two attached hydrogens (primary N) is 5. The molecule has 9 rings (SSSR count). The number of aromatic carboxylic acids is 4. The number of hydrogen-bond donors (Lipinski definition) is 13. The van der Waals surface area contributed by atoms with Crippen molar-refractivity contribution in [2.75, 3.05) is 47.9 Å². The predicted octanol–water partition coefficient (Wildman–Crippen LogP) is -8.26. The second-order valence-corrected chi connectivity index (χ2v) is 31.7. The number of likely N-dealkylation sites (tertiary alicyclic amines) is 2. The van der Waals surface area contributed by atoms with E-state index in [9.17, 15) is 113 Å². The van der Waals surface area contributed by atoms with Gasteiger partial charge in [0.1, 0.15) is 17.1 Å². The lowest BCUT2D eigenvalue weighted by atomic mass is 9.89. The van der Waals surface area contributed by atoms with Gasteiger partial charge in [0.05, 0.1) is 12.9 Å². The minimum Gasteiger partial charge on any atom is -1.00 e. The van der Waals surface area contributed by atoms with Crippen LogP contribution in [0.1, 0.15) is 97.5 Å². The number of piperidine rings is 2. The SMILES string of the molecule is CC([NH3+])C(=O)N1CCC(c2ccn(S(N)(=O)=O)c2C(=O)O)CC1.Cn1cnc(S(=O)(=O)Nc2ccc(-c3ccn(S(N)(=O)=O)c3C(=O)O)cc2)c1.NC(C(=O)N1CCC(c2ccn(S(N)(=O)=O)c2C(=O)O)CC1)C(F)(F)F.NS(=O)(=O)n1ccc(-c2ccc(NS(=O)(=O)CC[NH3+])cc2)c1C(=O)O.[Cl-].[Cl-]. The van der Waals surface area contributed by atoms with Crippen LogP contribution in [-0.4, -0.2) is 199 Å². The van der Waals surface area contributed by atoms with Gasteiger partial charge in [0, 0.05) is 86.7 Å². The number of carboxylic acid groups (broad SMARTS) is 4. The summed E-state index contributed by atoms with van der Waals surface area (Å²) in [5.41, 5.74) is 12.3. The average molecular weight is 1630 g/mol. The van der Waals surface area contributed by atoms with E-state index in [1.807, 2.05) is 0 Å². The molecule has 7 heterocycles. The Balaban J connectivity index is 0.000000292. The van der Waals surface area contributed by atoms with Crippen molar-refractivity contribution in [1.82, 2.24) is 35.2 Å². The number of benzene rings is 2. The van der Waals surface area contributed by atoms with Crippen molar-refractivity contribution in [2.45, 2.75) is 67.7 Å². The monoisotopic (exact) mass is 1630 g/mol. The molecular weight excluding hydrogens is 1560 g/mol. The molecule has 7 aromatic rings. The van der Waals surface area contributed by atoms with E-state index >= 15 is 0 Å². The fraction of sp³-hybridized carbons (Fsp3) is 0.315. The number of carboxylic acids is 4. The summed E-state index contributed by atoms with van der Waals surface area (Å²) in [4.78, 5) is 75.9. The number of alkyl halides is 3. The standard InChI is InChI=1S/C15H15N5O6S2.C13H17F3N4O5S.C13H16N4O6S2.C13H20N4O5S.2ClH/c1-19-8-13(17-9-19)27(23,24)18-11-4-2-10(3-5-11)12-6-7-20(28(16,25)26)14(12)15(21)22;14-13(15,16)10(17)11(21)19-4-1-7(2-5-19)8-3-6-20(26(18,24)25)9(8)12(22)23;14-6-8-24(20,21)16-10-3-1-9(2-4-10)11-5-7-17(25(15,22)23)12(11)13(18)19;1-8(14)12(18)16-5-2-9(3-6-16)10-4-7-17(23(15,21)22)11(10)13(19)20;;/h2-9,18H,1H3,(H,21,22)(H2,16,25,26);3,6-7,10H,1-2,4-5,17H2,(H,22,23)(H2,18,24,25);1-5,7,16H,6,8,14H2,(H,18,19)(H2,15,22,23);4,7-9H,2-3,5-6,14H2,1H3,(H,19,20)(H2,15,21,22);2*1H. The molecule has 39 nitrogen and oxygen atoms in total. The number of hydrogen-bond acceptors (Lipinski definition) is 20. The molecule has 2 unspecified atom stereocenters. The minimum absolute atomic E-state index is 0. The van der Waals surface area contributed by atoms with E-state index in [1.165, 1.54) is 89.9 Å². The number of imidazole rings is 1. The van der Waals surface area contributed by atoms with E-state index in [-0.39, 0.29) is 114 Å². The van der Waals surface area contributed by atoms with Gasteiger partial charge in [0.2, 0.25) is 15.9 Å². The normalized spacial score (nSPS) is 14.6. The first-order chi connectivity index (χ1) is 47.0. The Labute approximate surface area is 604 Å². The molecule has 2 fully saturated rings. The number of aromatic nitrogens is 6. The van der Waals surface area contributed by atoms with Crippen LogP contribution >= 0.6 is 0 Å². The molecule has 50 heteroatoms. The van der Waals surface area contributed by atoms with E-state index in [1.54, 1.807) is 18.9 Å². The first-order valence-corrected chi connectivity index (χ1v) is 38.3. The topological polar surface area (TPSA) is 642 Å². The number of carbonyl (C=O) groups is 6. The lowest BCUT2D eigenvalue weighted by Crippen LogP contribution is -3.00. The number of quaternary nitrogens is 2. The van der Waals surface area contributed by atoms with Gasteiger partial charge in [-0.05, 0) is 115 Å². The number of carbonyl (C=O) groups excluding carboxylic acids is 2. The van der Waals surface area contributed by atoms with Gasteiger partial charge in [-0.3, -0.25) is 19.0 Å². The van der Waals surface area contributed by atoms with Gasteiger partial charge in [-0.15, -0.1) is 0 Å². The average Bonchev–Trinajstić information content (AvgIpc) is 1.65. The zero-order chi connectivity index (χ0) is 76.7. The fourth-order valence-corrected chi connectivity index (χ4v) is 15.3. The summed E-state index contributed by atoms with van der Waals surface area (Å²) in [5, 5.41) is 57.1. The number of amides is 2. The quantitative estimate of drug-likeness (QED) is 0.0318. The van der Waals surface area contributed by atoms with Gasteiger partial charge in [-0.25, -0.2) is 69.0 Å². The molecular formula is C54H70Cl2F3N17O22S6. The van der Waals surface area contributed by atoms with Gasteiger partial charge < -0.3 is 76.8 Å². The Kier molecular flexibility index (Phi) is 28.8.